The minimum atomic E-state index is -0.517. The number of carbonyl (C=O) groups excluding carboxylic acids is 2. The summed E-state index contributed by atoms with van der Waals surface area (Å²) in [7, 11) is 0. The number of hydrogen-bond donors (Lipinski definition) is 1. The van der Waals surface area contributed by atoms with Crippen LogP contribution in [0.1, 0.15) is 22.8 Å². The van der Waals surface area contributed by atoms with E-state index >= 15 is 0 Å². The lowest BCUT2D eigenvalue weighted by atomic mass is 10.1. The lowest BCUT2D eigenvalue weighted by Gasteiger charge is -2.10. The van der Waals surface area contributed by atoms with E-state index in [9.17, 15) is 14.5 Å². The maximum absolute atomic E-state index is 12.3. The summed E-state index contributed by atoms with van der Waals surface area (Å²) >= 11 is 0.952. The predicted molar refractivity (Wildman–Crippen MR) is 78.0 cm³/mol. The van der Waals surface area contributed by atoms with E-state index in [0.717, 1.165) is 11.3 Å². The van der Waals surface area contributed by atoms with Gasteiger partial charge in [0.15, 0.2) is 10.1 Å². The van der Waals surface area contributed by atoms with Gasteiger partial charge in [0.25, 0.3) is 5.91 Å². The molecule has 21 heavy (non-hydrogen) atoms. The number of aryl methyl sites for hydroxylation is 1. The number of esters is 1. The van der Waals surface area contributed by atoms with Gasteiger partial charge < -0.3 is 4.74 Å². The van der Waals surface area contributed by atoms with Crippen molar-refractivity contribution in [3.63, 3.8) is 0 Å². The molecule has 1 aromatic carbocycles. The van der Waals surface area contributed by atoms with Crippen LogP contribution in [0.3, 0.4) is 0 Å². The Kier molecular flexibility index (Phi) is 4.39. The Morgan fingerprint density at radius 2 is 2.14 bits per heavy atom. The summed E-state index contributed by atoms with van der Waals surface area (Å²) in [5, 5.41) is 5.68. The fraction of sp³-hybridized carbons (Fsp3) is 0.154. The molecule has 0 bridgehead atoms. The predicted octanol–water partition coefficient (Wildman–Crippen LogP) is 3.03. The summed E-state index contributed by atoms with van der Waals surface area (Å²) < 4.78 is 5.03. The summed E-state index contributed by atoms with van der Waals surface area (Å²) in [6.45, 7) is 2.98. The fourth-order valence-corrected chi connectivity index (χ4v) is 2.29. The van der Waals surface area contributed by atoms with Gasteiger partial charge in [-0.3, -0.25) is 14.9 Å². The van der Waals surface area contributed by atoms with Crippen molar-refractivity contribution in [2.45, 2.75) is 13.8 Å². The van der Waals surface area contributed by atoms with E-state index in [1.165, 1.54) is 19.2 Å². The van der Waals surface area contributed by atoms with Crippen LogP contribution in [0.15, 0.2) is 29.6 Å². The van der Waals surface area contributed by atoms with Crippen molar-refractivity contribution in [2.75, 3.05) is 5.32 Å². The average Bonchev–Trinajstić information content (AvgIpc) is 2.85. The zero-order valence-electron chi connectivity index (χ0n) is 11.2. The molecular formula is C13H11N3O4S. The number of carbonyl (C=O) groups is 2. The summed E-state index contributed by atoms with van der Waals surface area (Å²) in [5.41, 5.74) is 0.889. The molecule has 7 nitrogen and oxygen atoms in total. The molecule has 0 unspecified atom stereocenters. The Hall–Kier alpha value is -2.61. The third-order valence-corrected chi connectivity index (χ3v) is 3.31. The van der Waals surface area contributed by atoms with Gasteiger partial charge >= 0.3 is 5.97 Å². The topological polar surface area (TPSA) is 97.7 Å². The number of thiazole rings is 1. The summed E-state index contributed by atoms with van der Waals surface area (Å²) in [5.74, 6) is -0.821. The van der Waals surface area contributed by atoms with E-state index in [1.807, 2.05) is 0 Å². The highest BCUT2D eigenvalue weighted by atomic mass is 32.1. The molecule has 0 aliphatic heterocycles. The van der Waals surface area contributed by atoms with Crippen molar-refractivity contribution in [2.24, 2.45) is 5.18 Å². The number of nitroso groups, excluding NO2 is 1. The van der Waals surface area contributed by atoms with Gasteiger partial charge in [-0.1, -0.05) is 23.5 Å². The van der Waals surface area contributed by atoms with Gasteiger partial charge in [0, 0.05) is 6.92 Å². The second kappa shape index (κ2) is 6.23. The Bertz CT molecular complexity index is 711. The van der Waals surface area contributed by atoms with Gasteiger partial charge in [-0.15, -0.1) is 4.91 Å². The van der Waals surface area contributed by atoms with Crippen molar-refractivity contribution < 1.29 is 14.3 Å². The number of aromatic nitrogens is 1. The van der Waals surface area contributed by atoms with Crippen LogP contribution < -0.4 is 10.1 Å². The molecule has 0 radical (unpaired) electrons. The van der Waals surface area contributed by atoms with E-state index in [1.54, 1.807) is 19.1 Å². The number of benzene rings is 1. The third kappa shape index (κ3) is 3.48. The number of nitrogens with zero attached hydrogens (tertiary/aromatic N) is 2. The fourth-order valence-electron chi connectivity index (χ4n) is 1.70. The maximum atomic E-state index is 12.3. The Balaban J connectivity index is 2.29. The molecule has 1 aromatic heterocycles. The van der Waals surface area contributed by atoms with Crippen LogP contribution in [0.5, 0.6) is 5.75 Å². The minimum Gasteiger partial charge on any atom is -0.426 e. The van der Waals surface area contributed by atoms with Crippen molar-refractivity contribution in [3.8, 4) is 5.75 Å². The quantitative estimate of drug-likeness (QED) is 0.532. The van der Waals surface area contributed by atoms with Crippen LogP contribution >= 0.6 is 11.3 Å². The highest BCUT2D eigenvalue weighted by Crippen LogP contribution is 2.28. The molecule has 2 aromatic rings. The van der Waals surface area contributed by atoms with Gasteiger partial charge in [-0.25, -0.2) is 4.98 Å². The molecule has 1 amide bonds. The smallest absolute Gasteiger partial charge is 0.308 e. The lowest BCUT2D eigenvalue weighted by Crippen LogP contribution is -2.16. The van der Waals surface area contributed by atoms with Crippen molar-refractivity contribution in [3.05, 3.63) is 40.4 Å². The number of nitrogens with one attached hydrogen (secondary N) is 1. The monoisotopic (exact) mass is 305 g/mol. The number of anilines is 1. The molecule has 0 aliphatic rings. The number of hydrogen-bond acceptors (Lipinski definition) is 7. The molecule has 0 fully saturated rings. The molecule has 2 rings (SSSR count). The molecular weight excluding hydrogens is 294 g/mol. The first-order valence-corrected chi connectivity index (χ1v) is 6.71. The number of rotatable bonds is 4. The molecule has 0 atom stereocenters. The van der Waals surface area contributed by atoms with Gasteiger partial charge in [0.05, 0.1) is 11.8 Å². The van der Waals surface area contributed by atoms with E-state index in [2.05, 4.69) is 15.5 Å². The van der Waals surface area contributed by atoms with Crippen LogP contribution in [-0.2, 0) is 4.79 Å². The first-order valence-electron chi connectivity index (χ1n) is 5.90. The van der Waals surface area contributed by atoms with E-state index in [0.29, 0.717) is 5.56 Å². The van der Waals surface area contributed by atoms with Crippen LogP contribution in [-0.4, -0.2) is 16.9 Å². The first kappa shape index (κ1) is 14.8. The van der Waals surface area contributed by atoms with Gasteiger partial charge in [0.1, 0.15) is 5.75 Å². The summed E-state index contributed by atoms with van der Waals surface area (Å²) in [6.07, 6.45) is 1.26. The average molecular weight is 305 g/mol. The Morgan fingerprint density at radius 3 is 2.76 bits per heavy atom. The zero-order chi connectivity index (χ0) is 15.4. The van der Waals surface area contributed by atoms with Crippen LogP contribution in [0.25, 0.3) is 0 Å². The minimum absolute atomic E-state index is 0.162. The standard InChI is InChI=1S/C13H11N3O4S/c1-7-4-3-5-9(20-8(2)17)11(7)12(18)15-13-14-6-10(16-19)21-13/h3-6H,1-2H3,(H,14,15,18). The Morgan fingerprint density at radius 1 is 1.38 bits per heavy atom. The highest BCUT2D eigenvalue weighted by Gasteiger charge is 2.18. The van der Waals surface area contributed by atoms with E-state index in [-0.39, 0.29) is 21.4 Å². The lowest BCUT2D eigenvalue weighted by molar-refractivity contribution is -0.131. The van der Waals surface area contributed by atoms with Gasteiger partial charge in [-0.05, 0) is 23.7 Å². The molecule has 1 heterocycles. The summed E-state index contributed by atoms with van der Waals surface area (Å²) in [4.78, 5) is 37.6. The Labute approximate surface area is 123 Å². The van der Waals surface area contributed by atoms with Crippen molar-refractivity contribution in [1.82, 2.24) is 4.98 Å². The molecule has 0 spiro atoms. The normalized spacial score (nSPS) is 10.0. The largest absolute Gasteiger partial charge is 0.426 e. The van der Waals surface area contributed by atoms with Crippen molar-refractivity contribution in [1.29, 1.82) is 0 Å². The highest BCUT2D eigenvalue weighted by molar-refractivity contribution is 7.19. The first-order chi connectivity index (χ1) is 10.0. The van der Waals surface area contributed by atoms with Gasteiger partial charge in [-0.2, -0.15) is 0 Å². The zero-order valence-corrected chi connectivity index (χ0v) is 12.1. The SMILES string of the molecule is CC(=O)Oc1cccc(C)c1C(=O)Nc1ncc(N=O)s1. The van der Waals surface area contributed by atoms with E-state index in [4.69, 9.17) is 4.74 Å². The van der Waals surface area contributed by atoms with Gasteiger partial charge in [0.2, 0.25) is 0 Å². The van der Waals surface area contributed by atoms with Crippen LogP contribution in [0.2, 0.25) is 0 Å². The number of ether oxygens (including phenoxy) is 1. The van der Waals surface area contributed by atoms with E-state index < -0.39 is 11.9 Å². The number of amides is 1. The molecule has 0 aliphatic carbocycles. The second-order valence-corrected chi connectivity index (χ2v) is 5.10. The van der Waals surface area contributed by atoms with Crippen LogP contribution in [0.4, 0.5) is 10.1 Å². The second-order valence-electron chi connectivity index (χ2n) is 4.09. The molecule has 8 heteroatoms. The molecule has 1 N–H and O–H groups in total. The maximum Gasteiger partial charge on any atom is 0.308 e. The summed E-state index contributed by atoms with van der Waals surface area (Å²) in [6, 6.07) is 4.94. The van der Waals surface area contributed by atoms with Crippen molar-refractivity contribution >= 4 is 33.3 Å². The molecule has 0 saturated carbocycles. The third-order valence-electron chi connectivity index (χ3n) is 2.52. The molecule has 0 saturated heterocycles. The van der Waals surface area contributed by atoms with Crippen LogP contribution in [0, 0.1) is 11.8 Å². The molecule has 108 valence electrons.